The first-order chi connectivity index (χ1) is 8.41. The fourth-order valence-electron chi connectivity index (χ4n) is 2.50. The largest absolute Gasteiger partial charge is 0.478 e. The van der Waals surface area contributed by atoms with E-state index < -0.39 is 5.97 Å². The Morgan fingerprint density at radius 1 is 1.06 bits per heavy atom. The topological polar surface area (TPSA) is 37.3 Å². The molecule has 0 saturated heterocycles. The van der Waals surface area contributed by atoms with Gasteiger partial charge in [-0.3, -0.25) is 0 Å². The maximum Gasteiger partial charge on any atom is 0.337 e. The van der Waals surface area contributed by atoms with Crippen LogP contribution in [0.2, 0.25) is 0 Å². The number of aryl methyl sites for hydroxylation is 4. The second-order valence-electron chi connectivity index (χ2n) is 4.66. The number of benzene rings is 1. The molecule has 18 heavy (non-hydrogen) atoms. The number of carboxylic acids is 1. The predicted molar refractivity (Wildman–Crippen MR) is 75.7 cm³/mol. The molecule has 0 spiro atoms. The Morgan fingerprint density at radius 2 is 1.61 bits per heavy atom. The van der Waals surface area contributed by atoms with Crippen molar-refractivity contribution in [1.82, 2.24) is 0 Å². The lowest BCUT2D eigenvalue weighted by Crippen LogP contribution is -1.99. The lowest BCUT2D eigenvalue weighted by atomic mass is 9.92. The molecule has 0 aliphatic rings. The van der Waals surface area contributed by atoms with Gasteiger partial charge in [0.05, 0.1) is 5.56 Å². The van der Waals surface area contributed by atoms with Gasteiger partial charge in [0.2, 0.25) is 0 Å². The molecule has 2 rings (SSSR count). The minimum atomic E-state index is -0.853. The molecule has 0 saturated carbocycles. The molecular weight excluding hydrogens is 244 g/mol. The van der Waals surface area contributed by atoms with Gasteiger partial charge < -0.3 is 5.11 Å². The molecule has 2 aromatic rings. The zero-order valence-electron chi connectivity index (χ0n) is 11.0. The van der Waals surface area contributed by atoms with Crippen LogP contribution in [0.25, 0.3) is 11.1 Å². The van der Waals surface area contributed by atoms with Gasteiger partial charge in [-0.25, -0.2) is 4.79 Å². The summed E-state index contributed by atoms with van der Waals surface area (Å²) in [4.78, 5) is 12.4. The van der Waals surface area contributed by atoms with E-state index in [0.717, 1.165) is 27.1 Å². The van der Waals surface area contributed by atoms with Gasteiger partial charge in [0.25, 0.3) is 0 Å². The van der Waals surface area contributed by atoms with Crippen LogP contribution >= 0.6 is 11.3 Å². The standard InChI is InChI=1S/C15H16O2S/c1-8-5-9(2)13(10(3)6-8)14-11(4)18-7-12(14)15(16)17/h5-7H,1-4H3,(H,16,17). The van der Waals surface area contributed by atoms with Crippen LogP contribution in [-0.2, 0) is 0 Å². The molecule has 0 unspecified atom stereocenters. The molecule has 1 aromatic heterocycles. The minimum Gasteiger partial charge on any atom is -0.478 e. The van der Waals surface area contributed by atoms with Crippen LogP contribution in [0, 0.1) is 27.7 Å². The maximum absolute atomic E-state index is 11.3. The highest BCUT2D eigenvalue weighted by molar-refractivity contribution is 7.10. The number of carbonyl (C=O) groups is 1. The molecule has 0 amide bonds. The van der Waals surface area contributed by atoms with Gasteiger partial charge in [0.15, 0.2) is 0 Å². The molecule has 2 nitrogen and oxygen atoms in total. The predicted octanol–water partition coefficient (Wildman–Crippen LogP) is 4.35. The van der Waals surface area contributed by atoms with Gasteiger partial charge in [0, 0.05) is 15.8 Å². The highest BCUT2D eigenvalue weighted by atomic mass is 32.1. The summed E-state index contributed by atoms with van der Waals surface area (Å²) in [5, 5.41) is 11.0. The summed E-state index contributed by atoms with van der Waals surface area (Å²) >= 11 is 1.49. The van der Waals surface area contributed by atoms with E-state index in [-0.39, 0.29) is 0 Å². The van der Waals surface area contributed by atoms with Gasteiger partial charge in [-0.2, -0.15) is 0 Å². The molecule has 0 atom stereocenters. The Hall–Kier alpha value is -1.61. The second kappa shape index (κ2) is 4.58. The van der Waals surface area contributed by atoms with E-state index in [1.54, 1.807) is 5.38 Å². The van der Waals surface area contributed by atoms with Crippen LogP contribution < -0.4 is 0 Å². The minimum absolute atomic E-state index is 0.410. The van der Waals surface area contributed by atoms with Crippen molar-refractivity contribution in [3.8, 4) is 11.1 Å². The number of aromatic carboxylic acids is 1. The normalized spacial score (nSPS) is 10.7. The van der Waals surface area contributed by atoms with Crippen molar-refractivity contribution >= 4 is 17.3 Å². The monoisotopic (exact) mass is 260 g/mol. The molecule has 0 fully saturated rings. The Bertz CT molecular complexity index is 600. The van der Waals surface area contributed by atoms with Crippen LogP contribution in [0.5, 0.6) is 0 Å². The molecule has 1 aromatic carbocycles. The Kier molecular flexibility index (Phi) is 3.26. The van der Waals surface area contributed by atoms with Crippen molar-refractivity contribution in [2.45, 2.75) is 27.7 Å². The summed E-state index contributed by atoms with van der Waals surface area (Å²) in [6, 6.07) is 4.20. The zero-order chi connectivity index (χ0) is 13.4. The van der Waals surface area contributed by atoms with E-state index in [1.165, 1.54) is 16.9 Å². The van der Waals surface area contributed by atoms with Gasteiger partial charge in [-0.1, -0.05) is 17.7 Å². The first-order valence-electron chi connectivity index (χ1n) is 5.81. The Labute approximate surface area is 111 Å². The smallest absolute Gasteiger partial charge is 0.337 e. The SMILES string of the molecule is Cc1cc(C)c(-c2c(C(=O)O)csc2C)c(C)c1. The third-order valence-corrected chi connectivity index (χ3v) is 4.04. The van der Waals surface area contributed by atoms with Crippen molar-refractivity contribution in [2.75, 3.05) is 0 Å². The van der Waals surface area contributed by atoms with E-state index in [0.29, 0.717) is 5.56 Å². The van der Waals surface area contributed by atoms with Crippen LogP contribution in [0.1, 0.15) is 31.9 Å². The number of rotatable bonds is 2. The van der Waals surface area contributed by atoms with Crippen molar-refractivity contribution in [3.63, 3.8) is 0 Å². The summed E-state index contributed by atoms with van der Waals surface area (Å²) in [6.45, 7) is 8.11. The number of carboxylic acid groups (broad SMARTS) is 1. The molecule has 1 heterocycles. The van der Waals surface area contributed by atoms with E-state index in [9.17, 15) is 9.90 Å². The van der Waals surface area contributed by atoms with Gasteiger partial charge in [-0.05, 0) is 44.4 Å². The molecular formula is C15H16O2S. The van der Waals surface area contributed by atoms with Crippen molar-refractivity contribution in [1.29, 1.82) is 0 Å². The zero-order valence-corrected chi connectivity index (χ0v) is 11.8. The van der Waals surface area contributed by atoms with Gasteiger partial charge >= 0.3 is 5.97 Å². The van der Waals surface area contributed by atoms with Crippen LogP contribution in [0.4, 0.5) is 0 Å². The lowest BCUT2D eigenvalue weighted by Gasteiger charge is -2.12. The van der Waals surface area contributed by atoms with Crippen molar-refractivity contribution in [2.24, 2.45) is 0 Å². The highest BCUT2D eigenvalue weighted by Gasteiger charge is 2.19. The summed E-state index contributed by atoms with van der Waals surface area (Å²) in [6.07, 6.45) is 0. The number of thiophene rings is 1. The van der Waals surface area contributed by atoms with Crippen LogP contribution in [0.15, 0.2) is 17.5 Å². The molecule has 94 valence electrons. The summed E-state index contributed by atoms with van der Waals surface area (Å²) in [5.41, 5.74) is 5.83. The van der Waals surface area contributed by atoms with Crippen molar-refractivity contribution < 1.29 is 9.90 Å². The highest BCUT2D eigenvalue weighted by Crippen LogP contribution is 2.36. The van der Waals surface area contributed by atoms with E-state index in [2.05, 4.69) is 19.1 Å². The summed E-state index contributed by atoms with van der Waals surface area (Å²) in [5.74, 6) is -0.853. The van der Waals surface area contributed by atoms with Gasteiger partial charge in [-0.15, -0.1) is 11.3 Å². The van der Waals surface area contributed by atoms with Gasteiger partial charge in [0.1, 0.15) is 0 Å². The lowest BCUT2D eigenvalue weighted by molar-refractivity contribution is 0.0698. The summed E-state index contributed by atoms with van der Waals surface area (Å²) < 4.78 is 0. The quantitative estimate of drug-likeness (QED) is 0.871. The van der Waals surface area contributed by atoms with Crippen LogP contribution in [0.3, 0.4) is 0 Å². The number of hydrogen-bond acceptors (Lipinski definition) is 2. The van der Waals surface area contributed by atoms with E-state index in [1.807, 2.05) is 20.8 Å². The first kappa shape index (κ1) is 12.8. The average Bonchev–Trinajstić information content (AvgIpc) is 2.59. The maximum atomic E-state index is 11.3. The Morgan fingerprint density at radius 3 is 2.11 bits per heavy atom. The average molecular weight is 260 g/mol. The first-order valence-corrected chi connectivity index (χ1v) is 6.69. The number of hydrogen-bond donors (Lipinski definition) is 1. The van der Waals surface area contributed by atoms with Crippen LogP contribution in [-0.4, -0.2) is 11.1 Å². The van der Waals surface area contributed by atoms with Crippen molar-refractivity contribution in [3.05, 3.63) is 44.6 Å². The second-order valence-corrected chi connectivity index (χ2v) is 5.74. The fraction of sp³-hybridized carbons (Fsp3) is 0.267. The third kappa shape index (κ3) is 2.06. The fourth-order valence-corrected chi connectivity index (χ4v) is 3.34. The summed E-state index contributed by atoms with van der Waals surface area (Å²) in [7, 11) is 0. The molecule has 1 N–H and O–H groups in total. The van der Waals surface area contributed by atoms with E-state index >= 15 is 0 Å². The molecule has 0 bridgehead atoms. The third-order valence-electron chi connectivity index (χ3n) is 3.13. The Balaban J connectivity index is 2.77. The molecule has 0 radical (unpaired) electrons. The molecule has 0 aliphatic carbocycles. The molecule has 0 aliphatic heterocycles. The van der Waals surface area contributed by atoms with E-state index in [4.69, 9.17) is 0 Å². The molecule has 3 heteroatoms.